The summed E-state index contributed by atoms with van der Waals surface area (Å²) >= 11 is 6.10. The van der Waals surface area contributed by atoms with Crippen molar-refractivity contribution in [3.05, 3.63) is 69.9 Å². The summed E-state index contributed by atoms with van der Waals surface area (Å²) in [4.78, 5) is 0. The van der Waals surface area contributed by atoms with Crippen molar-refractivity contribution in [3.63, 3.8) is 0 Å². The fraction of sp³-hybridized carbons (Fsp3) is 0.118. The standard InChI is InChI=1S/C17H7ClF10N2P/c1-4-3-5(2)30(17-14(27)10(23)7(20)11(24)15(17)28)31(18)29(4)16-12(25)8(21)6(19)9(22)13(16)26/h3H,1-2H3/q+1. The highest BCUT2D eigenvalue weighted by atomic mass is 35.7. The van der Waals surface area contributed by atoms with E-state index in [2.05, 4.69) is 0 Å². The van der Waals surface area contributed by atoms with Gasteiger partial charge in [0.1, 0.15) is 5.69 Å². The van der Waals surface area contributed by atoms with E-state index in [4.69, 9.17) is 11.2 Å². The predicted octanol–water partition coefficient (Wildman–Crippen LogP) is 7.07. The molecule has 1 atom stereocenters. The van der Waals surface area contributed by atoms with Gasteiger partial charge < -0.3 is 0 Å². The molecule has 0 N–H and O–H groups in total. The van der Waals surface area contributed by atoms with Gasteiger partial charge in [0.15, 0.2) is 29.0 Å². The highest BCUT2D eigenvalue weighted by Gasteiger charge is 2.46. The van der Waals surface area contributed by atoms with Crippen molar-refractivity contribution in [2.24, 2.45) is 0 Å². The molecule has 0 fully saturated rings. The average molecular weight is 496 g/mol. The molecule has 0 bridgehead atoms. The van der Waals surface area contributed by atoms with E-state index in [1.165, 1.54) is 0 Å². The lowest BCUT2D eigenvalue weighted by Crippen LogP contribution is -2.28. The number of nitrogens with zero attached hydrogens (tertiary/aromatic N) is 2. The first-order valence-corrected chi connectivity index (χ1v) is 10.1. The highest BCUT2D eigenvalue weighted by molar-refractivity contribution is 7.80. The van der Waals surface area contributed by atoms with E-state index in [0.717, 1.165) is 19.9 Å². The summed E-state index contributed by atoms with van der Waals surface area (Å²) in [5.41, 5.74) is -3.59. The molecule has 1 aliphatic rings. The Kier molecular flexibility index (Phi) is 6.01. The summed E-state index contributed by atoms with van der Waals surface area (Å²) in [6, 6.07) is 0. The second-order valence-corrected chi connectivity index (χ2v) is 8.32. The molecule has 0 aromatic heterocycles. The van der Waals surface area contributed by atoms with Crippen LogP contribution in [-0.2, 0) is 0 Å². The Balaban J connectivity index is 2.33. The average Bonchev–Trinajstić information content (AvgIpc) is 2.72. The summed E-state index contributed by atoms with van der Waals surface area (Å²) in [5.74, 6) is -23.5. The Bertz CT molecular complexity index is 1140. The van der Waals surface area contributed by atoms with E-state index < -0.39 is 77.1 Å². The normalized spacial score (nSPS) is 16.9. The Morgan fingerprint density at radius 3 is 1.42 bits per heavy atom. The maximum Gasteiger partial charge on any atom is 0.408 e. The maximum atomic E-state index is 14.3. The molecule has 2 aromatic carbocycles. The van der Waals surface area contributed by atoms with Gasteiger partial charge in [0.25, 0.3) is 5.69 Å². The van der Waals surface area contributed by atoms with Gasteiger partial charge in [-0.3, -0.25) is 0 Å². The molecule has 31 heavy (non-hydrogen) atoms. The number of rotatable bonds is 2. The molecule has 0 spiro atoms. The van der Waals surface area contributed by atoms with Crippen molar-refractivity contribution in [1.82, 2.24) is 0 Å². The SMILES string of the molecule is CC1=CC(C)=[N+](c2c(F)c(F)c(F)c(F)c2F)P(Cl)N1c1c(F)c(F)c(F)c(F)c1F. The van der Waals surface area contributed by atoms with Crippen LogP contribution in [0.3, 0.4) is 0 Å². The highest BCUT2D eigenvalue weighted by Crippen LogP contribution is 2.58. The molecule has 166 valence electrons. The van der Waals surface area contributed by atoms with Gasteiger partial charge in [0.05, 0.1) is 0 Å². The number of benzene rings is 2. The maximum absolute atomic E-state index is 14.3. The summed E-state index contributed by atoms with van der Waals surface area (Å²) in [6.07, 6.45) is 0.942. The zero-order chi connectivity index (χ0) is 23.5. The molecule has 2 aromatic rings. The molecule has 2 nitrogen and oxygen atoms in total. The van der Waals surface area contributed by atoms with Crippen LogP contribution in [0.2, 0.25) is 0 Å². The largest absolute Gasteiger partial charge is 0.408 e. The third-order valence-corrected chi connectivity index (χ3v) is 6.81. The van der Waals surface area contributed by atoms with Crippen molar-refractivity contribution in [2.45, 2.75) is 13.8 Å². The van der Waals surface area contributed by atoms with Crippen molar-refractivity contribution < 1.29 is 48.3 Å². The number of allylic oxidation sites excluding steroid dienone is 2. The first kappa shape index (κ1) is 23.3. The lowest BCUT2D eigenvalue weighted by Gasteiger charge is -2.29. The zero-order valence-corrected chi connectivity index (χ0v) is 16.7. The van der Waals surface area contributed by atoms with Crippen LogP contribution in [0.25, 0.3) is 0 Å². The van der Waals surface area contributed by atoms with Gasteiger partial charge in [-0.2, -0.15) is 8.78 Å². The first-order valence-electron chi connectivity index (χ1n) is 7.93. The third-order valence-electron chi connectivity index (χ3n) is 4.21. The van der Waals surface area contributed by atoms with Crippen molar-refractivity contribution in [3.8, 4) is 0 Å². The predicted molar refractivity (Wildman–Crippen MR) is 92.1 cm³/mol. The van der Waals surface area contributed by atoms with Gasteiger partial charge >= 0.3 is 7.58 Å². The third kappa shape index (κ3) is 3.36. The summed E-state index contributed by atoms with van der Waals surface area (Å²) in [5, 5.41) is 0. The fourth-order valence-electron chi connectivity index (χ4n) is 2.85. The van der Waals surface area contributed by atoms with E-state index in [1.807, 2.05) is 0 Å². The minimum Gasteiger partial charge on any atom is -0.249 e. The molecular weight excluding hydrogens is 489 g/mol. The summed E-state index contributed by atoms with van der Waals surface area (Å²) in [7, 11) is -3.02. The summed E-state index contributed by atoms with van der Waals surface area (Å²) < 4.78 is 139. The molecular formula is C17H7ClF10N2P+. The molecule has 1 heterocycles. The molecule has 0 saturated heterocycles. The zero-order valence-electron chi connectivity index (χ0n) is 15.1. The molecule has 1 unspecified atom stereocenters. The monoisotopic (exact) mass is 495 g/mol. The van der Waals surface area contributed by atoms with E-state index in [1.54, 1.807) is 0 Å². The molecule has 0 aliphatic carbocycles. The quantitative estimate of drug-likeness (QED) is 0.187. The van der Waals surface area contributed by atoms with Crippen molar-refractivity contribution in [2.75, 3.05) is 4.67 Å². The lowest BCUT2D eigenvalue weighted by atomic mass is 10.2. The molecule has 3 rings (SSSR count). The van der Waals surface area contributed by atoms with Gasteiger partial charge in [-0.15, -0.1) is 4.35 Å². The van der Waals surface area contributed by atoms with Crippen LogP contribution < -0.4 is 4.67 Å². The molecule has 14 heteroatoms. The van der Waals surface area contributed by atoms with E-state index in [9.17, 15) is 43.9 Å². The number of hydrogen-bond donors (Lipinski definition) is 0. The molecule has 0 radical (unpaired) electrons. The number of halogens is 11. The van der Waals surface area contributed by atoms with Crippen LogP contribution in [0, 0.1) is 58.2 Å². The topological polar surface area (TPSA) is 6.25 Å². The minimum absolute atomic E-state index is 0.234. The van der Waals surface area contributed by atoms with Gasteiger partial charge in [0.2, 0.25) is 34.9 Å². The number of anilines is 1. The molecule has 1 aliphatic heterocycles. The van der Waals surface area contributed by atoms with Crippen LogP contribution in [0.1, 0.15) is 13.8 Å². The second kappa shape index (κ2) is 7.98. The Morgan fingerprint density at radius 1 is 0.645 bits per heavy atom. The van der Waals surface area contributed by atoms with Crippen LogP contribution in [0.4, 0.5) is 55.3 Å². The van der Waals surface area contributed by atoms with Gasteiger partial charge in [-0.1, -0.05) is 0 Å². The van der Waals surface area contributed by atoms with Crippen molar-refractivity contribution >= 4 is 35.9 Å². The smallest absolute Gasteiger partial charge is 0.249 e. The van der Waals surface area contributed by atoms with Gasteiger partial charge in [-0.25, -0.2) is 39.8 Å². The van der Waals surface area contributed by atoms with Crippen LogP contribution in [0.15, 0.2) is 11.8 Å². The van der Waals surface area contributed by atoms with Crippen LogP contribution >= 0.6 is 18.8 Å². The Labute approximate surface area is 173 Å². The van der Waals surface area contributed by atoms with E-state index in [-0.39, 0.29) is 11.4 Å². The minimum atomic E-state index is -3.02. The van der Waals surface area contributed by atoms with E-state index >= 15 is 0 Å². The molecule has 0 saturated carbocycles. The molecule has 0 amide bonds. The van der Waals surface area contributed by atoms with Crippen molar-refractivity contribution in [1.29, 1.82) is 0 Å². The lowest BCUT2D eigenvalue weighted by molar-refractivity contribution is -0.262. The van der Waals surface area contributed by atoms with Crippen LogP contribution in [-0.4, -0.2) is 10.1 Å². The first-order chi connectivity index (χ1) is 14.3. The van der Waals surface area contributed by atoms with Gasteiger partial charge in [0, 0.05) is 29.9 Å². The number of hydrogen-bond acceptors (Lipinski definition) is 1. The second-order valence-electron chi connectivity index (χ2n) is 6.13. The van der Waals surface area contributed by atoms with Gasteiger partial charge in [-0.05, 0) is 6.92 Å². The van der Waals surface area contributed by atoms with Crippen LogP contribution in [0.5, 0.6) is 0 Å². The Morgan fingerprint density at radius 2 is 1.00 bits per heavy atom. The fourth-order valence-corrected chi connectivity index (χ4v) is 5.52. The Hall–Kier alpha value is -2.33. The van der Waals surface area contributed by atoms with E-state index in [0.29, 0.717) is 9.02 Å². The summed E-state index contributed by atoms with van der Waals surface area (Å²) in [6.45, 7) is 2.24.